The van der Waals surface area contributed by atoms with Crippen molar-refractivity contribution < 1.29 is 0 Å². The minimum atomic E-state index is -0.215. The average molecular weight is 205 g/mol. The number of H-pyrrole nitrogens is 1. The quantitative estimate of drug-likeness (QED) is 0.708. The first-order valence-corrected chi connectivity index (χ1v) is 5.03. The Balaban J connectivity index is 2.30. The van der Waals surface area contributed by atoms with Gasteiger partial charge in [-0.25, -0.2) is 0 Å². The van der Waals surface area contributed by atoms with E-state index in [0.29, 0.717) is 0 Å². The highest BCUT2D eigenvalue weighted by Crippen LogP contribution is 2.21. The summed E-state index contributed by atoms with van der Waals surface area (Å²) in [4.78, 5) is 16.0. The molecule has 0 atom stereocenters. The molecule has 0 aliphatic carbocycles. The number of rotatable bonds is 1. The number of likely N-dealkylation sites (N-methyl/N-ethyl adjacent to an activating group) is 1. The maximum absolute atomic E-state index is 11.1. The van der Waals surface area contributed by atoms with Crippen molar-refractivity contribution in [1.82, 2.24) is 9.88 Å². The lowest BCUT2D eigenvalue weighted by Gasteiger charge is -2.21. The fraction of sp³-hybridized carbons (Fsp3) is 0.364. The van der Waals surface area contributed by atoms with Crippen LogP contribution < -0.4 is 11.3 Å². The highest BCUT2D eigenvalue weighted by atomic mass is 16.1. The number of nitrogens with one attached hydrogen (secondary N) is 1. The van der Waals surface area contributed by atoms with Gasteiger partial charge in [0.05, 0.1) is 5.69 Å². The zero-order valence-electron chi connectivity index (χ0n) is 8.79. The Kier molecular flexibility index (Phi) is 2.60. The zero-order valence-corrected chi connectivity index (χ0v) is 8.79. The van der Waals surface area contributed by atoms with Crippen molar-refractivity contribution in [3.05, 3.63) is 34.3 Å². The van der Waals surface area contributed by atoms with Crippen LogP contribution in [0, 0.1) is 0 Å². The predicted molar refractivity (Wildman–Crippen MR) is 61.6 cm³/mol. The third kappa shape index (κ3) is 2.10. The molecular weight excluding hydrogens is 190 g/mol. The average Bonchev–Trinajstić information content (AvgIpc) is 2.23. The molecule has 0 radical (unpaired) electrons. The van der Waals surface area contributed by atoms with Crippen LogP contribution in [0.5, 0.6) is 0 Å². The van der Waals surface area contributed by atoms with E-state index in [1.54, 1.807) is 12.3 Å². The minimum absolute atomic E-state index is 0.215. The zero-order chi connectivity index (χ0) is 10.8. The number of hydrogen-bond donors (Lipinski definition) is 2. The Morgan fingerprint density at radius 3 is 2.93 bits per heavy atom. The molecular formula is C11H15N3O. The van der Waals surface area contributed by atoms with E-state index in [1.807, 2.05) is 0 Å². The van der Waals surface area contributed by atoms with E-state index in [0.717, 1.165) is 25.1 Å². The Labute approximate surface area is 88.4 Å². The fourth-order valence-corrected chi connectivity index (χ4v) is 1.72. The normalized spacial score (nSPS) is 17.5. The van der Waals surface area contributed by atoms with Crippen LogP contribution >= 0.6 is 0 Å². The van der Waals surface area contributed by atoms with E-state index in [9.17, 15) is 4.79 Å². The van der Waals surface area contributed by atoms with E-state index in [2.05, 4.69) is 23.0 Å². The summed E-state index contributed by atoms with van der Waals surface area (Å²) >= 11 is 0. The number of anilines is 1. The van der Waals surface area contributed by atoms with Gasteiger partial charge in [0, 0.05) is 19.3 Å². The van der Waals surface area contributed by atoms with E-state index < -0.39 is 0 Å². The molecule has 0 fully saturated rings. The van der Waals surface area contributed by atoms with Crippen LogP contribution in [0.1, 0.15) is 12.0 Å². The molecule has 4 heteroatoms. The molecule has 1 aromatic rings. The SMILES string of the molecule is CN1CC=C(c2c[nH]c(=O)c(N)c2)CC1. The van der Waals surface area contributed by atoms with Crippen molar-refractivity contribution in [2.45, 2.75) is 6.42 Å². The lowest BCUT2D eigenvalue weighted by atomic mass is 10.0. The second-order valence-corrected chi connectivity index (χ2v) is 3.91. The first kappa shape index (κ1) is 9.98. The smallest absolute Gasteiger partial charge is 0.271 e. The molecule has 3 N–H and O–H groups in total. The monoisotopic (exact) mass is 205 g/mol. The van der Waals surface area contributed by atoms with E-state index in [4.69, 9.17) is 5.73 Å². The van der Waals surface area contributed by atoms with Crippen LogP contribution in [0.15, 0.2) is 23.1 Å². The van der Waals surface area contributed by atoms with Gasteiger partial charge in [-0.1, -0.05) is 6.08 Å². The lowest BCUT2D eigenvalue weighted by Crippen LogP contribution is -2.24. The van der Waals surface area contributed by atoms with Gasteiger partial charge in [0.25, 0.3) is 5.56 Å². The summed E-state index contributed by atoms with van der Waals surface area (Å²) in [5.41, 5.74) is 7.93. The molecule has 0 saturated heterocycles. The summed E-state index contributed by atoms with van der Waals surface area (Å²) in [6.45, 7) is 2.00. The van der Waals surface area contributed by atoms with Gasteiger partial charge < -0.3 is 15.6 Å². The molecule has 2 heterocycles. The maximum Gasteiger partial charge on any atom is 0.271 e. The van der Waals surface area contributed by atoms with E-state index in [1.165, 1.54) is 5.57 Å². The molecule has 1 aromatic heterocycles. The molecule has 0 unspecified atom stereocenters. The van der Waals surface area contributed by atoms with Crippen molar-refractivity contribution in [2.75, 3.05) is 25.9 Å². The standard InChI is InChI=1S/C11H15N3O/c1-14-4-2-8(3-5-14)9-6-10(12)11(15)13-7-9/h2,6-7H,3-5,12H2,1H3,(H,13,15). The Morgan fingerprint density at radius 1 is 1.53 bits per heavy atom. The van der Waals surface area contributed by atoms with Crippen LogP contribution in [-0.2, 0) is 0 Å². The Bertz CT molecular complexity index is 447. The topological polar surface area (TPSA) is 62.1 Å². The highest BCUT2D eigenvalue weighted by molar-refractivity contribution is 5.68. The maximum atomic E-state index is 11.1. The van der Waals surface area contributed by atoms with Crippen LogP contribution in [0.3, 0.4) is 0 Å². The third-order valence-corrected chi connectivity index (χ3v) is 2.71. The Morgan fingerprint density at radius 2 is 2.33 bits per heavy atom. The molecule has 0 saturated carbocycles. The van der Waals surface area contributed by atoms with Crippen LogP contribution in [-0.4, -0.2) is 30.0 Å². The molecule has 0 amide bonds. The first-order chi connectivity index (χ1) is 7.16. The van der Waals surface area contributed by atoms with Gasteiger partial charge in [0.15, 0.2) is 0 Å². The third-order valence-electron chi connectivity index (χ3n) is 2.71. The van der Waals surface area contributed by atoms with E-state index >= 15 is 0 Å². The van der Waals surface area contributed by atoms with Crippen molar-refractivity contribution in [3.63, 3.8) is 0 Å². The summed E-state index contributed by atoms with van der Waals surface area (Å²) in [6, 6.07) is 1.75. The van der Waals surface area contributed by atoms with Gasteiger partial charge in [0.1, 0.15) is 0 Å². The minimum Gasteiger partial charge on any atom is -0.394 e. The van der Waals surface area contributed by atoms with Gasteiger partial charge in [0.2, 0.25) is 0 Å². The van der Waals surface area contributed by atoms with Gasteiger partial charge in [-0.05, 0) is 30.7 Å². The summed E-state index contributed by atoms with van der Waals surface area (Å²) in [7, 11) is 2.09. The van der Waals surface area contributed by atoms with Crippen LogP contribution in [0.2, 0.25) is 0 Å². The van der Waals surface area contributed by atoms with Crippen LogP contribution in [0.4, 0.5) is 5.69 Å². The number of aromatic nitrogens is 1. The summed E-state index contributed by atoms with van der Waals surface area (Å²) in [5.74, 6) is 0. The predicted octanol–water partition coefficient (Wildman–Crippen LogP) is 0.676. The number of hydrogen-bond acceptors (Lipinski definition) is 3. The fourth-order valence-electron chi connectivity index (χ4n) is 1.72. The molecule has 15 heavy (non-hydrogen) atoms. The van der Waals surface area contributed by atoms with E-state index in [-0.39, 0.29) is 11.2 Å². The molecule has 0 spiro atoms. The molecule has 80 valence electrons. The number of nitrogens with zero attached hydrogens (tertiary/aromatic N) is 1. The molecule has 2 rings (SSSR count). The van der Waals surface area contributed by atoms with Crippen molar-refractivity contribution in [1.29, 1.82) is 0 Å². The number of nitrogens with two attached hydrogens (primary N) is 1. The largest absolute Gasteiger partial charge is 0.394 e. The molecule has 4 nitrogen and oxygen atoms in total. The van der Waals surface area contributed by atoms with Gasteiger partial charge in [-0.15, -0.1) is 0 Å². The highest BCUT2D eigenvalue weighted by Gasteiger charge is 2.10. The summed E-state index contributed by atoms with van der Waals surface area (Å²) in [5, 5.41) is 0. The molecule has 1 aliphatic rings. The van der Waals surface area contributed by atoms with Crippen molar-refractivity contribution in [2.24, 2.45) is 0 Å². The van der Waals surface area contributed by atoms with Gasteiger partial charge >= 0.3 is 0 Å². The first-order valence-electron chi connectivity index (χ1n) is 5.03. The van der Waals surface area contributed by atoms with Gasteiger partial charge in [-0.3, -0.25) is 4.79 Å². The van der Waals surface area contributed by atoms with Gasteiger partial charge in [-0.2, -0.15) is 0 Å². The lowest BCUT2D eigenvalue weighted by molar-refractivity contribution is 0.370. The van der Waals surface area contributed by atoms with Crippen LogP contribution in [0.25, 0.3) is 5.57 Å². The molecule has 1 aliphatic heterocycles. The summed E-state index contributed by atoms with van der Waals surface area (Å²) in [6.07, 6.45) is 4.91. The van der Waals surface area contributed by atoms with Crippen molar-refractivity contribution in [3.8, 4) is 0 Å². The number of nitrogen functional groups attached to an aromatic ring is 1. The number of pyridine rings is 1. The Hall–Kier alpha value is -1.55. The van der Waals surface area contributed by atoms with Crippen molar-refractivity contribution >= 4 is 11.3 Å². The number of aromatic amines is 1. The second kappa shape index (κ2) is 3.90. The molecule has 0 bridgehead atoms. The molecule has 0 aromatic carbocycles. The summed E-state index contributed by atoms with van der Waals surface area (Å²) < 4.78 is 0. The second-order valence-electron chi connectivity index (χ2n) is 3.91.